The predicted octanol–water partition coefficient (Wildman–Crippen LogP) is 4.60. The van der Waals surface area contributed by atoms with Gasteiger partial charge < -0.3 is 5.73 Å². The first kappa shape index (κ1) is 15.2. The van der Waals surface area contributed by atoms with Gasteiger partial charge in [0.05, 0.1) is 16.3 Å². The number of thioether (sulfide) groups is 1. The van der Waals surface area contributed by atoms with Crippen molar-refractivity contribution in [2.75, 3.05) is 5.73 Å². The number of aryl methyl sites for hydroxylation is 1. The lowest BCUT2D eigenvalue weighted by atomic mass is 10.2. The van der Waals surface area contributed by atoms with Crippen molar-refractivity contribution in [3.63, 3.8) is 0 Å². The molecule has 0 fully saturated rings. The third-order valence-corrected chi connectivity index (χ3v) is 4.78. The number of hydrogen-bond acceptors (Lipinski definition) is 4. The van der Waals surface area contributed by atoms with Crippen molar-refractivity contribution in [2.45, 2.75) is 30.2 Å². The lowest BCUT2D eigenvalue weighted by molar-refractivity contribution is -0.137. The van der Waals surface area contributed by atoms with Gasteiger partial charge in [-0.25, -0.2) is 4.98 Å². The number of benzene rings is 1. The molecule has 1 aromatic carbocycles. The van der Waals surface area contributed by atoms with Crippen molar-refractivity contribution in [1.82, 2.24) is 4.98 Å². The Balaban J connectivity index is 2.06. The van der Waals surface area contributed by atoms with Crippen LogP contribution >= 0.6 is 23.1 Å². The molecular weight excluding hydrogens is 305 g/mol. The lowest BCUT2D eigenvalue weighted by Gasteiger charge is -2.10. The zero-order valence-corrected chi connectivity index (χ0v) is 12.3. The van der Waals surface area contributed by atoms with E-state index in [1.807, 2.05) is 12.3 Å². The van der Waals surface area contributed by atoms with Crippen molar-refractivity contribution >= 4 is 28.8 Å². The second-order valence-electron chi connectivity index (χ2n) is 4.13. The Hall–Kier alpha value is -1.21. The number of thiazole rings is 1. The minimum Gasteiger partial charge on any atom is -0.398 e. The van der Waals surface area contributed by atoms with E-state index in [0.29, 0.717) is 10.6 Å². The number of nitrogen functional groups attached to an aromatic ring is 1. The minimum absolute atomic E-state index is 0.149. The van der Waals surface area contributed by atoms with E-state index in [0.717, 1.165) is 29.3 Å². The maximum Gasteiger partial charge on any atom is 0.416 e. The van der Waals surface area contributed by atoms with Gasteiger partial charge in [0, 0.05) is 21.7 Å². The number of hydrogen-bond donors (Lipinski definition) is 1. The molecular formula is C13H13F3N2S2. The van der Waals surface area contributed by atoms with E-state index in [2.05, 4.69) is 4.98 Å². The van der Waals surface area contributed by atoms with Crippen LogP contribution in [-0.2, 0) is 18.3 Å². The van der Waals surface area contributed by atoms with Crippen LogP contribution in [0.3, 0.4) is 0 Å². The zero-order chi connectivity index (χ0) is 14.8. The van der Waals surface area contributed by atoms with Gasteiger partial charge in [-0.3, -0.25) is 0 Å². The molecule has 2 N–H and O–H groups in total. The summed E-state index contributed by atoms with van der Waals surface area (Å²) in [5.41, 5.74) is 6.03. The molecule has 20 heavy (non-hydrogen) atoms. The monoisotopic (exact) mass is 318 g/mol. The van der Waals surface area contributed by atoms with Crippen molar-refractivity contribution < 1.29 is 13.2 Å². The molecule has 7 heteroatoms. The lowest BCUT2D eigenvalue weighted by Crippen LogP contribution is -2.05. The van der Waals surface area contributed by atoms with Gasteiger partial charge in [-0.05, 0) is 24.6 Å². The predicted molar refractivity (Wildman–Crippen MR) is 76.9 cm³/mol. The highest BCUT2D eigenvalue weighted by atomic mass is 32.2. The SMILES string of the molecule is CCc1nc(CSc2ccc(C(F)(F)F)cc2N)cs1. The van der Waals surface area contributed by atoms with Crippen LogP contribution in [-0.4, -0.2) is 4.98 Å². The van der Waals surface area contributed by atoms with Crippen LogP contribution in [0.2, 0.25) is 0 Å². The summed E-state index contributed by atoms with van der Waals surface area (Å²) in [4.78, 5) is 5.05. The van der Waals surface area contributed by atoms with Crippen molar-refractivity contribution in [2.24, 2.45) is 0 Å². The molecule has 0 aliphatic heterocycles. The average Bonchev–Trinajstić information content (AvgIpc) is 2.84. The Bertz CT molecular complexity index is 594. The van der Waals surface area contributed by atoms with E-state index in [1.165, 1.54) is 17.8 Å². The fourth-order valence-electron chi connectivity index (χ4n) is 1.59. The van der Waals surface area contributed by atoms with E-state index < -0.39 is 11.7 Å². The molecule has 2 aromatic rings. The number of halogens is 3. The van der Waals surface area contributed by atoms with Gasteiger partial charge in [-0.2, -0.15) is 13.2 Å². The highest BCUT2D eigenvalue weighted by Crippen LogP contribution is 2.35. The Morgan fingerprint density at radius 2 is 2.10 bits per heavy atom. The fraction of sp³-hybridized carbons (Fsp3) is 0.308. The summed E-state index contributed by atoms with van der Waals surface area (Å²) < 4.78 is 37.6. The van der Waals surface area contributed by atoms with E-state index in [-0.39, 0.29) is 5.69 Å². The third-order valence-electron chi connectivity index (χ3n) is 2.61. The zero-order valence-electron chi connectivity index (χ0n) is 10.7. The summed E-state index contributed by atoms with van der Waals surface area (Å²) >= 11 is 2.99. The minimum atomic E-state index is -4.36. The summed E-state index contributed by atoms with van der Waals surface area (Å²) in [6.07, 6.45) is -3.47. The Morgan fingerprint density at radius 3 is 2.65 bits per heavy atom. The molecule has 0 saturated carbocycles. The Kier molecular flexibility index (Phi) is 4.59. The highest BCUT2D eigenvalue weighted by molar-refractivity contribution is 7.98. The van der Waals surface area contributed by atoms with Crippen LogP contribution in [0.25, 0.3) is 0 Å². The summed E-state index contributed by atoms with van der Waals surface area (Å²) in [5, 5.41) is 3.02. The second kappa shape index (κ2) is 6.05. The molecule has 0 saturated heterocycles. The van der Waals surface area contributed by atoms with Crippen LogP contribution in [0, 0.1) is 0 Å². The Morgan fingerprint density at radius 1 is 1.35 bits per heavy atom. The van der Waals surface area contributed by atoms with Gasteiger partial charge in [0.25, 0.3) is 0 Å². The highest BCUT2D eigenvalue weighted by Gasteiger charge is 2.30. The Labute approximate surface area is 123 Å². The second-order valence-corrected chi connectivity index (χ2v) is 6.09. The molecule has 0 aliphatic carbocycles. The van der Waals surface area contributed by atoms with E-state index in [1.54, 1.807) is 11.3 Å². The first-order chi connectivity index (χ1) is 9.40. The standard InChI is InChI=1S/C13H13F3N2S2/c1-2-12-18-9(7-20-12)6-19-11-4-3-8(5-10(11)17)13(14,15)16/h3-5,7H,2,6,17H2,1H3. The molecule has 108 valence electrons. The summed E-state index contributed by atoms with van der Waals surface area (Å²) in [7, 11) is 0. The third kappa shape index (κ3) is 3.67. The molecule has 2 nitrogen and oxygen atoms in total. The van der Waals surface area contributed by atoms with E-state index >= 15 is 0 Å². The van der Waals surface area contributed by atoms with Gasteiger partial charge in [-0.15, -0.1) is 23.1 Å². The average molecular weight is 318 g/mol. The van der Waals surface area contributed by atoms with Crippen molar-refractivity contribution in [1.29, 1.82) is 0 Å². The summed E-state index contributed by atoms with van der Waals surface area (Å²) in [5.74, 6) is 0.603. The largest absolute Gasteiger partial charge is 0.416 e. The van der Waals surface area contributed by atoms with Gasteiger partial charge >= 0.3 is 6.18 Å². The number of rotatable bonds is 4. The first-order valence-corrected chi connectivity index (χ1v) is 7.79. The van der Waals surface area contributed by atoms with Crippen molar-refractivity contribution in [3.05, 3.63) is 39.8 Å². The maximum absolute atomic E-state index is 12.5. The topological polar surface area (TPSA) is 38.9 Å². The number of aromatic nitrogens is 1. The number of anilines is 1. The van der Waals surface area contributed by atoms with E-state index in [4.69, 9.17) is 5.73 Å². The number of nitrogens with zero attached hydrogens (tertiary/aromatic N) is 1. The molecule has 0 atom stereocenters. The van der Waals surface area contributed by atoms with E-state index in [9.17, 15) is 13.2 Å². The van der Waals surface area contributed by atoms with Gasteiger partial charge in [0.2, 0.25) is 0 Å². The smallest absolute Gasteiger partial charge is 0.398 e. The van der Waals surface area contributed by atoms with Gasteiger partial charge in [-0.1, -0.05) is 6.92 Å². The molecule has 2 rings (SSSR count). The quantitative estimate of drug-likeness (QED) is 0.661. The van der Waals surface area contributed by atoms with Gasteiger partial charge in [0.1, 0.15) is 0 Å². The van der Waals surface area contributed by atoms with Gasteiger partial charge in [0.15, 0.2) is 0 Å². The summed E-state index contributed by atoms with van der Waals surface area (Å²) in [6.45, 7) is 2.03. The first-order valence-electron chi connectivity index (χ1n) is 5.93. The number of alkyl halides is 3. The van der Waals surface area contributed by atoms with Crippen LogP contribution < -0.4 is 5.73 Å². The van der Waals surface area contributed by atoms with Crippen molar-refractivity contribution in [3.8, 4) is 0 Å². The normalized spacial score (nSPS) is 11.8. The maximum atomic E-state index is 12.5. The molecule has 0 amide bonds. The van der Waals surface area contributed by atoms with Crippen LogP contribution in [0.5, 0.6) is 0 Å². The van der Waals surface area contributed by atoms with Crippen LogP contribution in [0.4, 0.5) is 18.9 Å². The number of nitrogens with two attached hydrogens (primary N) is 1. The molecule has 1 aromatic heterocycles. The van der Waals surface area contributed by atoms with Crippen LogP contribution in [0.1, 0.15) is 23.2 Å². The molecule has 0 spiro atoms. The van der Waals surface area contributed by atoms with Crippen LogP contribution in [0.15, 0.2) is 28.5 Å². The molecule has 0 radical (unpaired) electrons. The molecule has 0 unspecified atom stereocenters. The fourth-order valence-corrected chi connectivity index (χ4v) is 3.28. The molecule has 0 aliphatic rings. The summed E-state index contributed by atoms with van der Waals surface area (Å²) in [6, 6.07) is 3.44. The molecule has 0 bridgehead atoms. The molecule has 1 heterocycles.